The van der Waals surface area contributed by atoms with Gasteiger partial charge in [0.1, 0.15) is 11.6 Å². The number of nitrogens with one attached hydrogen (secondary N) is 2. The number of ketones is 1. The third-order valence-corrected chi connectivity index (χ3v) is 3.56. The van der Waals surface area contributed by atoms with Crippen LogP contribution in [0.25, 0.3) is 0 Å². The Bertz CT molecular complexity index is 803. The number of Topliss-reactive ketones (excluding diaryl/α,β-unsaturated/α-hetero) is 1. The van der Waals surface area contributed by atoms with Gasteiger partial charge >= 0.3 is 0 Å². The first-order valence-corrected chi connectivity index (χ1v) is 7.90. The van der Waals surface area contributed by atoms with Crippen LogP contribution in [0.5, 0.6) is 0 Å². The first kappa shape index (κ1) is 18.0. The number of hydrogen-bond acceptors (Lipinski definition) is 4. The summed E-state index contributed by atoms with van der Waals surface area (Å²) in [5.74, 6) is -0.539. The average Bonchev–Trinajstić information content (AvgIpc) is 2.63. The predicted octanol–water partition coefficient (Wildman–Crippen LogP) is 3.07. The fourth-order valence-corrected chi connectivity index (χ4v) is 2.17. The van der Waals surface area contributed by atoms with Crippen LogP contribution < -0.4 is 10.6 Å². The molecule has 1 amide bonds. The number of nitrogens with zero attached hydrogens (tertiary/aromatic N) is 1. The third-order valence-electron chi connectivity index (χ3n) is 3.56. The Hall–Kier alpha value is -3.39. The van der Waals surface area contributed by atoms with E-state index in [1.165, 1.54) is 18.7 Å². The van der Waals surface area contributed by atoms with Gasteiger partial charge < -0.3 is 10.6 Å². The molecule has 0 aliphatic carbocycles. The zero-order chi connectivity index (χ0) is 18.1. The number of amides is 1. The molecule has 0 radical (unpaired) electrons. The van der Waals surface area contributed by atoms with E-state index in [9.17, 15) is 9.59 Å². The second-order valence-corrected chi connectivity index (χ2v) is 5.45. The first-order chi connectivity index (χ1) is 12.1. The molecule has 5 nitrogen and oxygen atoms in total. The van der Waals surface area contributed by atoms with Crippen LogP contribution in [0.2, 0.25) is 0 Å². The quantitative estimate of drug-likeness (QED) is 0.353. The van der Waals surface area contributed by atoms with Gasteiger partial charge in [0.2, 0.25) is 0 Å². The number of benzene rings is 2. The minimum atomic E-state index is -0.495. The van der Waals surface area contributed by atoms with Crippen LogP contribution in [0.4, 0.5) is 5.69 Å². The van der Waals surface area contributed by atoms with E-state index in [0.717, 1.165) is 6.42 Å². The van der Waals surface area contributed by atoms with Gasteiger partial charge in [-0.3, -0.25) is 9.59 Å². The minimum absolute atomic E-state index is 0.0105. The topological polar surface area (TPSA) is 82.0 Å². The Balaban J connectivity index is 1.89. The van der Waals surface area contributed by atoms with Crippen molar-refractivity contribution in [3.8, 4) is 6.07 Å². The molecule has 2 rings (SSSR count). The lowest BCUT2D eigenvalue weighted by Crippen LogP contribution is -2.18. The Morgan fingerprint density at radius 3 is 2.36 bits per heavy atom. The Kier molecular flexibility index (Phi) is 6.49. The molecule has 0 unspecified atom stereocenters. The summed E-state index contributed by atoms with van der Waals surface area (Å²) in [5.41, 5.74) is 2.26. The van der Waals surface area contributed by atoms with E-state index in [2.05, 4.69) is 10.6 Å². The lowest BCUT2D eigenvalue weighted by atomic mass is 10.1. The molecule has 0 saturated heterocycles. The highest BCUT2D eigenvalue weighted by molar-refractivity contribution is 6.06. The van der Waals surface area contributed by atoms with Crippen molar-refractivity contribution in [2.45, 2.75) is 13.3 Å². The molecule has 2 N–H and O–H groups in total. The number of hydrogen-bond donors (Lipinski definition) is 2. The lowest BCUT2D eigenvalue weighted by molar-refractivity contribution is -0.112. The molecule has 0 spiro atoms. The maximum atomic E-state index is 12.1. The maximum Gasteiger partial charge on any atom is 0.267 e. The molecule has 0 heterocycles. The Morgan fingerprint density at radius 2 is 1.76 bits per heavy atom. The molecule has 2 aromatic rings. The number of carbonyl (C=O) groups excluding carboxylic acids is 2. The monoisotopic (exact) mass is 333 g/mol. The summed E-state index contributed by atoms with van der Waals surface area (Å²) in [6, 6.07) is 18.3. The summed E-state index contributed by atoms with van der Waals surface area (Å²) >= 11 is 0. The highest BCUT2D eigenvalue weighted by atomic mass is 16.1. The molecule has 5 heteroatoms. The van der Waals surface area contributed by atoms with E-state index >= 15 is 0 Å². The lowest BCUT2D eigenvalue weighted by Gasteiger charge is -2.06. The van der Waals surface area contributed by atoms with Crippen molar-refractivity contribution >= 4 is 17.4 Å². The van der Waals surface area contributed by atoms with Crippen LogP contribution in [-0.2, 0) is 11.2 Å². The zero-order valence-corrected chi connectivity index (χ0v) is 14.0. The molecule has 126 valence electrons. The largest absolute Gasteiger partial charge is 0.389 e. The van der Waals surface area contributed by atoms with E-state index in [1.54, 1.807) is 24.3 Å². The van der Waals surface area contributed by atoms with Crippen molar-refractivity contribution in [1.29, 1.82) is 5.26 Å². The van der Waals surface area contributed by atoms with Crippen molar-refractivity contribution in [3.05, 3.63) is 77.5 Å². The standard InChI is InChI=1S/C20H19N3O2/c1-15(24)17-7-9-19(10-8-17)23-20(25)18(13-21)14-22-12-11-16-5-3-2-4-6-16/h2-10,14,22H,11-12H2,1H3,(H,23,25)/b18-14-. The SMILES string of the molecule is CC(=O)c1ccc(NC(=O)/C(C#N)=C\NCCc2ccccc2)cc1. The van der Waals surface area contributed by atoms with Gasteiger partial charge in [0.25, 0.3) is 5.91 Å². The average molecular weight is 333 g/mol. The van der Waals surface area contributed by atoms with Gasteiger partial charge in [0.15, 0.2) is 5.78 Å². The fraction of sp³-hybridized carbons (Fsp3) is 0.150. The van der Waals surface area contributed by atoms with E-state index in [0.29, 0.717) is 17.8 Å². The molecule has 0 aliphatic rings. The van der Waals surface area contributed by atoms with Gasteiger partial charge in [-0.15, -0.1) is 0 Å². The van der Waals surface area contributed by atoms with Gasteiger partial charge in [-0.05, 0) is 43.2 Å². The highest BCUT2D eigenvalue weighted by Gasteiger charge is 2.09. The smallest absolute Gasteiger partial charge is 0.267 e. The fourth-order valence-electron chi connectivity index (χ4n) is 2.17. The molecule has 0 saturated carbocycles. The van der Waals surface area contributed by atoms with Crippen molar-refractivity contribution in [2.75, 3.05) is 11.9 Å². The number of carbonyl (C=O) groups is 2. The van der Waals surface area contributed by atoms with Crippen molar-refractivity contribution in [1.82, 2.24) is 5.32 Å². The van der Waals surface area contributed by atoms with E-state index < -0.39 is 5.91 Å². The van der Waals surface area contributed by atoms with Crippen LogP contribution in [0.3, 0.4) is 0 Å². The molecule has 25 heavy (non-hydrogen) atoms. The summed E-state index contributed by atoms with van der Waals surface area (Å²) in [7, 11) is 0. The van der Waals surface area contributed by atoms with Crippen LogP contribution >= 0.6 is 0 Å². The van der Waals surface area contributed by atoms with Gasteiger partial charge in [-0.25, -0.2) is 0 Å². The Labute approximate surface area is 147 Å². The first-order valence-electron chi connectivity index (χ1n) is 7.90. The molecule has 0 aliphatic heterocycles. The Morgan fingerprint density at radius 1 is 1.08 bits per heavy atom. The second kappa shape index (κ2) is 9.04. The predicted molar refractivity (Wildman–Crippen MR) is 96.9 cm³/mol. The maximum absolute atomic E-state index is 12.1. The van der Waals surface area contributed by atoms with E-state index in [-0.39, 0.29) is 11.4 Å². The van der Waals surface area contributed by atoms with E-state index in [1.807, 2.05) is 36.4 Å². The summed E-state index contributed by atoms with van der Waals surface area (Å²) in [6.07, 6.45) is 2.21. The third kappa shape index (κ3) is 5.63. The van der Waals surface area contributed by atoms with Gasteiger partial charge in [0.05, 0.1) is 0 Å². The highest BCUT2D eigenvalue weighted by Crippen LogP contribution is 2.11. The number of anilines is 1. The molecular weight excluding hydrogens is 314 g/mol. The van der Waals surface area contributed by atoms with Crippen LogP contribution in [0.1, 0.15) is 22.8 Å². The second-order valence-electron chi connectivity index (χ2n) is 5.45. The zero-order valence-electron chi connectivity index (χ0n) is 14.0. The molecule has 2 aromatic carbocycles. The van der Waals surface area contributed by atoms with Gasteiger partial charge in [-0.1, -0.05) is 30.3 Å². The number of nitriles is 1. The van der Waals surface area contributed by atoms with Crippen LogP contribution in [0.15, 0.2) is 66.4 Å². The summed E-state index contributed by atoms with van der Waals surface area (Å²) in [6.45, 7) is 2.10. The van der Waals surface area contributed by atoms with Crippen molar-refractivity contribution in [2.24, 2.45) is 0 Å². The molecule has 0 atom stereocenters. The summed E-state index contributed by atoms with van der Waals surface area (Å²) < 4.78 is 0. The molecule has 0 bridgehead atoms. The molecular formula is C20H19N3O2. The van der Waals surface area contributed by atoms with E-state index in [4.69, 9.17) is 5.26 Å². The summed E-state index contributed by atoms with van der Waals surface area (Å²) in [5, 5.41) is 14.8. The van der Waals surface area contributed by atoms with Gasteiger partial charge in [-0.2, -0.15) is 5.26 Å². The van der Waals surface area contributed by atoms with Crippen LogP contribution in [0, 0.1) is 11.3 Å². The normalized spacial score (nSPS) is 10.6. The molecule has 0 aromatic heterocycles. The number of rotatable bonds is 7. The van der Waals surface area contributed by atoms with Crippen molar-refractivity contribution < 1.29 is 9.59 Å². The van der Waals surface area contributed by atoms with Crippen LogP contribution in [-0.4, -0.2) is 18.2 Å². The van der Waals surface area contributed by atoms with Crippen molar-refractivity contribution in [3.63, 3.8) is 0 Å². The molecule has 0 fully saturated rings. The summed E-state index contributed by atoms with van der Waals surface area (Å²) in [4.78, 5) is 23.4. The van der Waals surface area contributed by atoms with Gasteiger partial charge in [0, 0.05) is 24.0 Å². The minimum Gasteiger partial charge on any atom is -0.389 e.